The maximum Gasteiger partial charge on any atom is 0.123 e. The molecule has 0 bridgehead atoms. The normalized spacial score (nSPS) is 12.6. The van der Waals surface area contributed by atoms with E-state index in [2.05, 4.69) is 33.3 Å². The molecule has 0 amide bonds. The second kappa shape index (κ2) is 7.18. The van der Waals surface area contributed by atoms with Gasteiger partial charge in [0.1, 0.15) is 5.82 Å². The third-order valence-electron chi connectivity index (χ3n) is 3.57. The third kappa shape index (κ3) is 4.14. The van der Waals surface area contributed by atoms with Crippen molar-refractivity contribution >= 4 is 15.9 Å². The Kier molecular flexibility index (Phi) is 5.53. The summed E-state index contributed by atoms with van der Waals surface area (Å²) >= 11 is 3.61. The second-order valence-corrected chi connectivity index (χ2v) is 6.06. The quantitative estimate of drug-likeness (QED) is 0.862. The third-order valence-corrected chi connectivity index (χ3v) is 4.60. The molecule has 0 saturated carbocycles. The molecule has 0 aliphatic carbocycles. The average molecular weight is 354 g/mol. The summed E-state index contributed by atoms with van der Waals surface area (Å²) in [6.07, 6.45) is 1.64. The predicted molar refractivity (Wildman–Crippen MR) is 86.9 cm³/mol. The largest absolute Gasteiger partial charge is 0.314 e. The lowest BCUT2D eigenvalue weighted by Crippen LogP contribution is -2.33. The van der Waals surface area contributed by atoms with E-state index in [1.807, 2.05) is 24.7 Å². The lowest BCUT2D eigenvalue weighted by atomic mass is 10.0. The Bertz CT molecular complexity index is 610. The fourth-order valence-corrected chi connectivity index (χ4v) is 3.09. The highest BCUT2D eigenvalue weighted by atomic mass is 79.9. The van der Waals surface area contributed by atoms with E-state index in [9.17, 15) is 4.39 Å². The molecule has 114 valence electrons. The van der Waals surface area contributed by atoms with Crippen LogP contribution in [0.4, 0.5) is 4.39 Å². The molecule has 5 heteroatoms. The molecule has 0 aliphatic heterocycles. The number of aromatic nitrogens is 2. The zero-order valence-electron chi connectivity index (χ0n) is 12.7. The molecule has 0 spiro atoms. The molecular weight excluding hydrogens is 333 g/mol. The number of likely N-dealkylation sites (N-methyl/N-ethyl adjacent to an activating group) is 1. The van der Waals surface area contributed by atoms with Gasteiger partial charge in [-0.1, -0.05) is 19.1 Å². The number of rotatable bonds is 6. The highest BCUT2D eigenvalue weighted by Crippen LogP contribution is 2.22. The number of hydrogen-bond donors (Lipinski definition) is 1. The van der Waals surface area contributed by atoms with Gasteiger partial charge in [0.25, 0.3) is 0 Å². The molecule has 1 N–H and O–H groups in total. The van der Waals surface area contributed by atoms with E-state index in [0.717, 1.165) is 40.8 Å². The van der Waals surface area contributed by atoms with Crippen LogP contribution in [-0.4, -0.2) is 22.4 Å². The van der Waals surface area contributed by atoms with Crippen LogP contribution in [0, 0.1) is 12.7 Å². The van der Waals surface area contributed by atoms with Crippen LogP contribution in [0.25, 0.3) is 0 Å². The minimum Gasteiger partial charge on any atom is -0.314 e. The molecule has 0 fully saturated rings. The summed E-state index contributed by atoms with van der Waals surface area (Å²) in [5.74, 6) is -0.180. The highest BCUT2D eigenvalue weighted by Gasteiger charge is 2.16. The molecule has 21 heavy (non-hydrogen) atoms. The Hall–Kier alpha value is -1.20. The highest BCUT2D eigenvalue weighted by molar-refractivity contribution is 9.10. The van der Waals surface area contributed by atoms with Crippen molar-refractivity contribution in [3.8, 4) is 0 Å². The Labute approximate surface area is 133 Å². The van der Waals surface area contributed by atoms with Crippen LogP contribution in [0.15, 0.2) is 28.7 Å². The van der Waals surface area contributed by atoms with E-state index in [1.165, 1.54) is 6.07 Å². The standard InChI is InChI=1S/C16H21BrFN3/c1-4-19-14(9-12-6-5-7-13(18)8-12)10-15-16(17)11(2)20-21(15)3/h5-8,14,19H,4,9-10H2,1-3H3. The Morgan fingerprint density at radius 3 is 2.71 bits per heavy atom. The van der Waals surface area contributed by atoms with Crippen molar-refractivity contribution in [1.82, 2.24) is 15.1 Å². The second-order valence-electron chi connectivity index (χ2n) is 5.26. The summed E-state index contributed by atoms with van der Waals surface area (Å²) in [4.78, 5) is 0. The maximum atomic E-state index is 13.3. The first-order valence-electron chi connectivity index (χ1n) is 7.17. The summed E-state index contributed by atoms with van der Waals surface area (Å²) in [5, 5.41) is 7.91. The predicted octanol–water partition coefficient (Wildman–Crippen LogP) is 3.39. The molecular formula is C16H21BrFN3. The average Bonchev–Trinajstić information content (AvgIpc) is 2.66. The molecule has 2 aromatic rings. The zero-order valence-corrected chi connectivity index (χ0v) is 14.2. The van der Waals surface area contributed by atoms with E-state index in [4.69, 9.17) is 0 Å². The Balaban J connectivity index is 2.15. The maximum absolute atomic E-state index is 13.3. The lowest BCUT2D eigenvalue weighted by molar-refractivity contribution is 0.502. The van der Waals surface area contributed by atoms with Crippen molar-refractivity contribution in [2.24, 2.45) is 7.05 Å². The van der Waals surface area contributed by atoms with Crippen molar-refractivity contribution in [3.63, 3.8) is 0 Å². The van der Waals surface area contributed by atoms with Gasteiger partial charge in [-0.3, -0.25) is 4.68 Å². The molecule has 1 aromatic heterocycles. The minimum atomic E-state index is -0.180. The van der Waals surface area contributed by atoms with E-state index >= 15 is 0 Å². The van der Waals surface area contributed by atoms with Crippen LogP contribution in [0.1, 0.15) is 23.9 Å². The first-order chi connectivity index (χ1) is 10.0. The van der Waals surface area contributed by atoms with Crippen LogP contribution in [-0.2, 0) is 19.9 Å². The summed E-state index contributed by atoms with van der Waals surface area (Å²) in [7, 11) is 1.96. The van der Waals surface area contributed by atoms with Gasteiger partial charge in [-0.05, 0) is 53.5 Å². The van der Waals surface area contributed by atoms with Gasteiger partial charge in [0.2, 0.25) is 0 Å². The van der Waals surface area contributed by atoms with E-state index in [0.29, 0.717) is 0 Å². The number of nitrogens with one attached hydrogen (secondary N) is 1. The van der Waals surface area contributed by atoms with Crippen LogP contribution >= 0.6 is 15.9 Å². The van der Waals surface area contributed by atoms with Crippen molar-refractivity contribution < 1.29 is 4.39 Å². The van der Waals surface area contributed by atoms with Crippen molar-refractivity contribution in [1.29, 1.82) is 0 Å². The molecule has 0 aliphatic rings. The van der Waals surface area contributed by atoms with Crippen LogP contribution in [0.3, 0.4) is 0 Å². The van der Waals surface area contributed by atoms with E-state index in [-0.39, 0.29) is 11.9 Å². The van der Waals surface area contributed by atoms with Crippen LogP contribution in [0.5, 0.6) is 0 Å². The van der Waals surface area contributed by atoms with E-state index < -0.39 is 0 Å². The van der Waals surface area contributed by atoms with Gasteiger partial charge in [0.15, 0.2) is 0 Å². The van der Waals surface area contributed by atoms with Crippen molar-refractivity contribution in [2.45, 2.75) is 32.7 Å². The number of halogens is 2. The summed E-state index contributed by atoms with van der Waals surface area (Å²) in [5.41, 5.74) is 3.17. The Morgan fingerprint density at radius 1 is 1.38 bits per heavy atom. The SMILES string of the molecule is CCNC(Cc1cccc(F)c1)Cc1c(Br)c(C)nn1C. The zero-order chi connectivity index (χ0) is 15.4. The van der Waals surface area contributed by atoms with Gasteiger partial charge in [-0.15, -0.1) is 0 Å². The molecule has 1 unspecified atom stereocenters. The topological polar surface area (TPSA) is 29.9 Å². The number of aryl methyl sites for hydroxylation is 2. The first-order valence-corrected chi connectivity index (χ1v) is 7.96. The van der Waals surface area contributed by atoms with Crippen molar-refractivity contribution in [2.75, 3.05) is 6.54 Å². The summed E-state index contributed by atoms with van der Waals surface area (Å²) < 4.78 is 16.3. The van der Waals surface area contributed by atoms with Gasteiger partial charge in [0.05, 0.1) is 15.9 Å². The molecule has 1 aromatic carbocycles. The fourth-order valence-electron chi connectivity index (χ4n) is 2.59. The van der Waals surface area contributed by atoms with Crippen molar-refractivity contribution in [3.05, 3.63) is 51.5 Å². The van der Waals surface area contributed by atoms with Gasteiger partial charge < -0.3 is 5.32 Å². The van der Waals surface area contributed by atoms with Gasteiger partial charge in [0, 0.05) is 19.5 Å². The molecule has 2 rings (SSSR count). The molecule has 0 radical (unpaired) electrons. The minimum absolute atomic E-state index is 0.180. The number of hydrogen-bond acceptors (Lipinski definition) is 2. The lowest BCUT2D eigenvalue weighted by Gasteiger charge is -2.18. The smallest absolute Gasteiger partial charge is 0.123 e. The Morgan fingerprint density at radius 2 is 2.14 bits per heavy atom. The van der Waals surface area contributed by atoms with Gasteiger partial charge in [-0.2, -0.15) is 5.10 Å². The van der Waals surface area contributed by atoms with Gasteiger partial charge >= 0.3 is 0 Å². The van der Waals surface area contributed by atoms with Gasteiger partial charge in [-0.25, -0.2) is 4.39 Å². The molecule has 0 saturated heterocycles. The number of nitrogens with zero attached hydrogens (tertiary/aromatic N) is 2. The first kappa shape index (κ1) is 16.2. The van der Waals surface area contributed by atoms with Crippen LogP contribution in [0.2, 0.25) is 0 Å². The number of benzene rings is 1. The summed E-state index contributed by atoms with van der Waals surface area (Å²) in [6.45, 7) is 4.96. The monoisotopic (exact) mass is 353 g/mol. The molecule has 1 heterocycles. The summed E-state index contributed by atoms with van der Waals surface area (Å²) in [6, 6.07) is 7.07. The van der Waals surface area contributed by atoms with E-state index in [1.54, 1.807) is 12.1 Å². The van der Waals surface area contributed by atoms with Crippen LogP contribution < -0.4 is 5.32 Å². The molecule has 3 nitrogen and oxygen atoms in total. The fraction of sp³-hybridized carbons (Fsp3) is 0.438. The molecule has 1 atom stereocenters.